The van der Waals surface area contributed by atoms with Gasteiger partial charge >= 0.3 is 5.97 Å². The van der Waals surface area contributed by atoms with Gasteiger partial charge < -0.3 is 28.7 Å². The van der Waals surface area contributed by atoms with Crippen LogP contribution in [0.15, 0.2) is 103 Å². The summed E-state index contributed by atoms with van der Waals surface area (Å²) >= 11 is 0. The van der Waals surface area contributed by atoms with Crippen molar-refractivity contribution in [2.45, 2.75) is 6.42 Å². The minimum Gasteiger partial charge on any atom is -1.00 e. The molecule has 2 nitrogen and oxygen atoms in total. The summed E-state index contributed by atoms with van der Waals surface area (Å²) in [6, 6.07) is 31.1. The molecule has 0 aromatic heterocycles. The summed E-state index contributed by atoms with van der Waals surface area (Å²) in [6.07, 6.45) is 0.197. The number of esters is 1. The third-order valence-electron chi connectivity index (χ3n) is 4.48. The van der Waals surface area contributed by atoms with Gasteiger partial charge in [-0.1, -0.05) is 61.2 Å². The molecule has 138 valence electrons. The van der Waals surface area contributed by atoms with E-state index in [1.54, 1.807) is 0 Å². The van der Waals surface area contributed by atoms with E-state index in [4.69, 9.17) is 4.74 Å². The Kier molecular flexibility index (Phi) is 7.76. The van der Waals surface area contributed by atoms with Crippen LogP contribution in [0.25, 0.3) is 0 Å². The van der Waals surface area contributed by atoms with Crippen molar-refractivity contribution in [3.05, 3.63) is 103 Å². The zero-order valence-electron chi connectivity index (χ0n) is 15.2. The van der Waals surface area contributed by atoms with E-state index >= 15 is 0 Å². The first kappa shape index (κ1) is 21.3. The van der Waals surface area contributed by atoms with Gasteiger partial charge in [0, 0.05) is 0 Å². The summed E-state index contributed by atoms with van der Waals surface area (Å²) in [5.74, 6) is -0.262. The van der Waals surface area contributed by atoms with E-state index in [0.29, 0.717) is 0 Å². The number of rotatable bonds is 6. The van der Waals surface area contributed by atoms with Crippen LogP contribution in [0, 0.1) is 0 Å². The molecule has 0 saturated carbocycles. The van der Waals surface area contributed by atoms with Crippen molar-refractivity contribution in [2.75, 3.05) is 7.11 Å². The van der Waals surface area contributed by atoms with Gasteiger partial charge in [0.25, 0.3) is 0 Å². The topological polar surface area (TPSA) is 26.3 Å². The van der Waals surface area contributed by atoms with Crippen LogP contribution in [0.2, 0.25) is 0 Å². The highest BCUT2D eigenvalue weighted by Crippen LogP contribution is 2.62. The molecule has 0 heterocycles. The summed E-state index contributed by atoms with van der Waals surface area (Å²) in [6.45, 7) is 4.39. The number of halogens is 1. The monoisotopic (exact) mass is 488 g/mol. The van der Waals surface area contributed by atoms with E-state index in [1.165, 1.54) is 23.0 Å². The third kappa shape index (κ3) is 4.31. The van der Waals surface area contributed by atoms with E-state index in [1.807, 2.05) is 54.6 Å². The van der Waals surface area contributed by atoms with Crippen molar-refractivity contribution in [3.8, 4) is 0 Å². The number of hydrogen-bond acceptors (Lipinski definition) is 2. The Balaban J connectivity index is 0.00000261. The largest absolute Gasteiger partial charge is 1.00 e. The van der Waals surface area contributed by atoms with Gasteiger partial charge in [-0.2, -0.15) is 0 Å². The van der Waals surface area contributed by atoms with Gasteiger partial charge in [0.1, 0.15) is 29.6 Å². The van der Waals surface area contributed by atoms with E-state index < -0.39 is 7.26 Å². The lowest BCUT2D eigenvalue weighted by Gasteiger charge is -2.28. The minimum atomic E-state index is -2.21. The second-order valence-electron chi connectivity index (χ2n) is 6.00. The Morgan fingerprint density at radius 2 is 1.11 bits per heavy atom. The lowest BCUT2D eigenvalue weighted by atomic mass is 10.3. The fourth-order valence-corrected chi connectivity index (χ4v) is 7.52. The van der Waals surface area contributed by atoms with Crippen molar-refractivity contribution in [3.63, 3.8) is 0 Å². The van der Waals surface area contributed by atoms with Crippen molar-refractivity contribution in [2.24, 2.45) is 0 Å². The molecule has 0 fully saturated rings. The average molecular weight is 488 g/mol. The quantitative estimate of drug-likeness (QED) is 0.295. The summed E-state index contributed by atoms with van der Waals surface area (Å²) in [5.41, 5.74) is 0. The molecule has 3 aromatic carbocycles. The molecule has 0 unspecified atom stereocenters. The van der Waals surface area contributed by atoms with Crippen LogP contribution in [-0.4, -0.2) is 13.1 Å². The molecule has 3 rings (SSSR count). The highest BCUT2D eigenvalue weighted by molar-refractivity contribution is 7.99. The van der Waals surface area contributed by atoms with Crippen molar-refractivity contribution in [1.82, 2.24) is 0 Å². The molecule has 27 heavy (non-hydrogen) atoms. The first-order valence-corrected chi connectivity index (χ1v) is 10.3. The fraction of sp³-hybridized carbons (Fsp3) is 0.0870. The van der Waals surface area contributed by atoms with Gasteiger partial charge in [-0.15, -0.1) is 0 Å². The maximum absolute atomic E-state index is 12.1. The predicted octanol–water partition coefficient (Wildman–Crippen LogP) is 1.06. The molecule has 0 N–H and O–H groups in total. The number of methoxy groups -OCH3 is 1. The molecule has 0 aliphatic heterocycles. The second-order valence-corrected chi connectivity index (χ2v) is 9.52. The normalized spacial score (nSPS) is 10.6. The van der Waals surface area contributed by atoms with Gasteiger partial charge in [0.15, 0.2) is 0 Å². The van der Waals surface area contributed by atoms with E-state index in [0.717, 1.165) is 5.31 Å². The predicted molar refractivity (Wildman–Crippen MR) is 111 cm³/mol. The molecule has 0 bridgehead atoms. The maximum atomic E-state index is 12.1. The van der Waals surface area contributed by atoms with Gasteiger partial charge in [0.2, 0.25) is 0 Å². The van der Waals surface area contributed by atoms with Gasteiger partial charge in [0.05, 0.1) is 12.4 Å². The summed E-state index contributed by atoms with van der Waals surface area (Å²) in [7, 11) is -0.787. The highest BCUT2D eigenvalue weighted by atomic mass is 127. The molecular formula is C23H22IO2P. The van der Waals surface area contributed by atoms with E-state index in [2.05, 4.69) is 43.0 Å². The van der Waals surface area contributed by atoms with E-state index in [-0.39, 0.29) is 36.4 Å². The Morgan fingerprint density at radius 3 is 1.41 bits per heavy atom. The first-order valence-electron chi connectivity index (χ1n) is 8.50. The minimum absolute atomic E-state index is 0. The van der Waals surface area contributed by atoms with Crippen LogP contribution >= 0.6 is 7.26 Å². The smallest absolute Gasteiger partial charge is 0.313 e. The summed E-state index contributed by atoms with van der Waals surface area (Å²) in [5, 5.41) is 4.46. The summed E-state index contributed by atoms with van der Waals surface area (Å²) < 4.78 is 4.94. The third-order valence-corrected chi connectivity index (χ3v) is 8.81. The van der Waals surface area contributed by atoms with Crippen LogP contribution in [-0.2, 0) is 9.53 Å². The molecule has 0 atom stereocenters. The van der Waals surface area contributed by atoms with Crippen LogP contribution < -0.4 is 39.9 Å². The van der Waals surface area contributed by atoms with Gasteiger partial charge in [-0.05, 0) is 36.4 Å². The summed E-state index contributed by atoms with van der Waals surface area (Å²) in [4.78, 5) is 12.1. The molecule has 0 spiro atoms. The maximum Gasteiger partial charge on any atom is 0.313 e. The van der Waals surface area contributed by atoms with Crippen LogP contribution in [0.1, 0.15) is 6.42 Å². The average Bonchev–Trinajstić information content (AvgIpc) is 2.71. The Labute approximate surface area is 178 Å². The van der Waals surface area contributed by atoms with E-state index in [9.17, 15) is 4.79 Å². The number of hydrogen-bond donors (Lipinski definition) is 0. The van der Waals surface area contributed by atoms with Crippen molar-refractivity contribution in [1.29, 1.82) is 0 Å². The number of carbonyl (C=O) groups excluding carboxylic acids is 1. The number of ether oxygens (including phenoxy) is 1. The Morgan fingerprint density at radius 1 is 0.778 bits per heavy atom. The second kappa shape index (κ2) is 9.82. The van der Waals surface area contributed by atoms with Gasteiger partial charge in [-0.25, -0.2) is 0 Å². The van der Waals surface area contributed by atoms with Crippen molar-refractivity contribution < 1.29 is 33.5 Å². The molecular weight excluding hydrogens is 466 g/mol. The zero-order chi connectivity index (χ0) is 18.4. The molecule has 0 radical (unpaired) electrons. The van der Waals surface area contributed by atoms with Crippen LogP contribution in [0.4, 0.5) is 0 Å². The molecule has 3 aromatic rings. The lowest BCUT2D eigenvalue weighted by Crippen LogP contribution is -3.00. The molecule has 0 aliphatic rings. The van der Waals surface area contributed by atoms with Crippen LogP contribution in [0.3, 0.4) is 0 Å². The first-order chi connectivity index (χ1) is 12.7. The van der Waals surface area contributed by atoms with Crippen LogP contribution in [0.5, 0.6) is 0 Å². The standard InChI is InChI=1S/C23H22O2P.HI/c1-19(18-23(24)25-2)26(20-12-6-3-7-13-20,21-14-8-4-9-15-21)22-16-10-5-11-17-22;/h3-17H,1,18H2,2H3;1H/q+1;/p-1. The Hall–Kier alpha value is -1.97. The number of benzene rings is 3. The highest BCUT2D eigenvalue weighted by Gasteiger charge is 2.49. The molecule has 4 heteroatoms. The molecule has 0 saturated heterocycles. The lowest BCUT2D eigenvalue weighted by molar-refractivity contribution is -0.139. The zero-order valence-corrected chi connectivity index (χ0v) is 18.3. The Bertz CT molecular complexity index is 783. The SMILES string of the molecule is C=C(CC(=O)OC)[P+](c1ccccc1)(c1ccccc1)c1ccccc1.[I-]. The fourth-order valence-electron chi connectivity index (χ4n) is 3.31. The van der Waals surface area contributed by atoms with Crippen molar-refractivity contribution >= 4 is 29.1 Å². The van der Waals surface area contributed by atoms with Gasteiger partial charge in [-0.3, -0.25) is 4.79 Å². The number of carbonyl (C=O) groups is 1. The molecule has 0 aliphatic carbocycles. The molecule has 0 amide bonds.